The van der Waals surface area contributed by atoms with E-state index >= 15 is 0 Å². The minimum Gasteiger partial charge on any atom is -0.467 e. The van der Waals surface area contributed by atoms with Gasteiger partial charge in [0.25, 0.3) is 0 Å². The van der Waals surface area contributed by atoms with E-state index in [9.17, 15) is 19.2 Å². The van der Waals surface area contributed by atoms with Crippen molar-refractivity contribution in [2.75, 3.05) is 14.2 Å². The molecule has 0 aliphatic carbocycles. The number of carbonyl (C=O) groups excluding carboxylic acids is 4. The van der Waals surface area contributed by atoms with Crippen molar-refractivity contribution in [3.05, 3.63) is 5.53 Å². The number of carbonyl (C=O) groups is 4. The van der Waals surface area contributed by atoms with Gasteiger partial charge in [-0.05, 0) is 6.92 Å². The van der Waals surface area contributed by atoms with E-state index in [1.165, 1.54) is 6.92 Å². The van der Waals surface area contributed by atoms with Gasteiger partial charge in [-0.1, -0.05) is 0 Å². The van der Waals surface area contributed by atoms with Crippen LogP contribution in [0.25, 0.3) is 5.53 Å². The van der Waals surface area contributed by atoms with E-state index in [1.54, 1.807) is 0 Å². The summed E-state index contributed by atoms with van der Waals surface area (Å²) < 4.78 is 8.61. The number of imide groups is 1. The molecule has 0 fully saturated rings. The third-order valence-corrected chi connectivity index (χ3v) is 2.17. The summed E-state index contributed by atoms with van der Waals surface area (Å²) in [5.41, 5.74) is 7.60. The molecule has 0 saturated heterocycles. The van der Waals surface area contributed by atoms with Crippen LogP contribution in [0.4, 0.5) is 0 Å². The molecule has 0 N–H and O–H groups in total. The first-order chi connectivity index (χ1) is 8.81. The molecule has 0 rings (SSSR count). The van der Waals surface area contributed by atoms with E-state index in [2.05, 4.69) is 14.3 Å². The van der Waals surface area contributed by atoms with Gasteiger partial charge in [-0.2, -0.15) is 4.79 Å². The van der Waals surface area contributed by atoms with Crippen LogP contribution in [-0.2, 0) is 28.7 Å². The van der Waals surface area contributed by atoms with Crippen molar-refractivity contribution < 1.29 is 33.4 Å². The second-order valence-corrected chi connectivity index (χ2v) is 3.33. The molecule has 19 heavy (non-hydrogen) atoms. The molecule has 1 unspecified atom stereocenters. The number of hydrogen-bond acceptors (Lipinski definition) is 6. The third kappa shape index (κ3) is 3.71. The Morgan fingerprint density at radius 2 is 1.68 bits per heavy atom. The summed E-state index contributed by atoms with van der Waals surface area (Å²) in [5, 5.41) is 0. The maximum Gasteiger partial charge on any atom is 0.463 e. The summed E-state index contributed by atoms with van der Waals surface area (Å²) in [6.07, 6.45) is 0. The van der Waals surface area contributed by atoms with E-state index in [-0.39, 0.29) is 0 Å². The summed E-state index contributed by atoms with van der Waals surface area (Å²) in [6.45, 7) is 2.22. The number of methoxy groups -OCH3 is 2. The van der Waals surface area contributed by atoms with Gasteiger partial charge in [-0.15, -0.1) is 0 Å². The zero-order chi connectivity index (χ0) is 15.2. The molecule has 9 heteroatoms. The summed E-state index contributed by atoms with van der Waals surface area (Å²) in [5.74, 6) is -4.20. The third-order valence-electron chi connectivity index (χ3n) is 2.17. The monoisotopic (exact) mass is 271 g/mol. The molecule has 0 saturated carbocycles. The van der Waals surface area contributed by atoms with Crippen molar-refractivity contribution in [2.45, 2.75) is 19.9 Å². The standard InChI is InChI=1S/C10H13N3O6/c1-5(9(16)18-3)13(6(2)14)8(15)7(12-11)10(17)19-4/h5H,1-4H3. The highest BCUT2D eigenvalue weighted by atomic mass is 16.5. The van der Waals surface area contributed by atoms with E-state index < -0.39 is 35.5 Å². The Balaban J connectivity index is 5.49. The smallest absolute Gasteiger partial charge is 0.463 e. The maximum atomic E-state index is 11.9. The Morgan fingerprint density at radius 1 is 1.16 bits per heavy atom. The molecule has 0 bridgehead atoms. The Morgan fingerprint density at radius 3 is 2.00 bits per heavy atom. The molecule has 0 aromatic carbocycles. The molecule has 0 aromatic heterocycles. The average molecular weight is 271 g/mol. The lowest BCUT2D eigenvalue weighted by molar-refractivity contribution is -0.158. The lowest BCUT2D eigenvalue weighted by Gasteiger charge is -2.21. The van der Waals surface area contributed by atoms with Crippen LogP contribution in [0.1, 0.15) is 13.8 Å². The van der Waals surface area contributed by atoms with Crippen LogP contribution in [0.3, 0.4) is 0 Å². The maximum absolute atomic E-state index is 11.9. The summed E-state index contributed by atoms with van der Waals surface area (Å²) in [7, 11) is 2.03. The van der Waals surface area contributed by atoms with Gasteiger partial charge in [0.05, 0.1) is 14.2 Å². The summed E-state index contributed by atoms with van der Waals surface area (Å²) in [4.78, 5) is 48.7. The molecular formula is C10H13N3O6. The first kappa shape index (κ1) is 16.5. The number of nitrogens with zero attached hydrogens (tertiary/aromatic N) is 3. The number of hydrogen-bond donors (Lipinski definition) is 0. The lowest BCUT2D eigenvalue weighted by Crippen LogP contribution is -2.51. The largest absolute Gasteiger partial charge is 0.467 e. The zero-order valence-corrected chi connectivity index (χ0v) is 10.9. The fraction of sp³-hybridized carbons (Fsp3) is 0.500. The molecule has 0 spiro atoms. The quantitative estimate of drug-likeness (QED) is 0.207. The van der Waals surface area contributed by atoms with Gasteiger partial charge >= 0.3 is 23.6 Å². The minimum absolute atomic E-state index is 0.428. The van der Waals surface area contributed by atoms with Crippen LogP contribution in [-0.4, -0.2) is 59.4 Å². The Kier molecular flexibility index (Phi) is 6.08. The van der Waals surface area contributed by atoms with Gasteiger partial charge < -0.3 is 15.0 Å². The van der Waals surface area contributed by atoms with Crippen LogP contribution < -0.4 is 0 Å². The summed E-state index contributed by atoms with van der Waals surface area (Å²) in [6, 6.07) is -1.28. The van der Waals surface area contributed by atoms with Gasteiger partial charge in [-0.3, -0.25) is 14.5 Å². The molecule has 0 aliphatic heterocycles. The van der Waals surface area contributed by atoms with Gasteiger partial charge in [0.2, 0.25) is 5.91 Å². The van der Waals surface area contributed by atoms with Gasteiger partial charge in [0.15, 0.2) is 0 Å². The van der Waals surface area contributed by atoms with Crippen LogP contribution >= 0.6 is 0 Å². The number of amides is 2. The highest BCUT2D eigenvalue weighted by Gasteiger charge is 2.41. The number of ether oxygens (including phenoxy) is 2. The normalized spacial score (nSPS) is 10.7. The van der Waals surface area contributed by atoms with Crippen LogP contribution in [0.15, 0.2) is 0 Å². The highest BCUT2D eigenvalue weighted by molar-refractivity contribution is 6.62. The van der Waals surface area contributed by atoms with Gasteiger partial charge in [0, 0.05) is 6.92 Å². The predicted octanol–water partition coefficient (Wildman–Crippen LogP) is -1.23. The molecule has 2 amide bonds. The highest BCUT2D eigenvalue weighted by Crippen LogP contribution is 2.04. The number of esters is 2. The summed E-state index contributed by atoms with van der Waals surface area (Å²) >= 11 is 0. The van der Waals surface area contributed by atoms with Crippen molar-refractivity contribution >= 4 is 29.5 Å². The van der Waals surface area contributed by atoms with Crippen LogP contribution in [0, 0.1) is 0 Å². The molecule has 0 aliphatic rings. The Labute approximate surface area is 108 Å². The second-order valence-electron chi connectivity index (χ2n) is 3.33. The van der Waals surface area contributed by atoms with Crippen LogP contribution in [0.5, 0.6) is 0 Å². The molecule has 104 valence electrons. The molecule has 1 atom stereocenters. The van der Waals surface area contributed by atoms with E-state index in [4.69, 9.17) is 5.53 Å². The van der Waals surface area contributed by atoms with Gasteiger partial charge in [0.1, 0.15) is 6.04 Å². The van der Waals surface area contributed by atoms with Crippen LogP contribution in [0.2, 0.25) is 0 Å². The van der Waals surface area contributed by atoms with Gasteiger partial charge in [-0.25, -0.2) is 9.59 Å². The van der Waals surface area contributed by atoms with Crippen molar-refractivity contribution in [1.82, 2.24) is 4.90 Å². The average Bonchev–Trinajstić information content (AvgIpc) is 2.37. The minimum atomic E-state index is -1.28. The molecule has 0 radical (unpaired) electrons. The zero-order valence-electron chi connectivity index (χ0n) is 10.9. The molecular weight excluding hydrogens is 258 g/mol. The first-order valence-electron chi connectivity index (χ1n) is 5.04. The number of rotatable bonds is 4. The predicted molar refractivity (Wildman–Crippen MR) is 59.6 cm³/mol. The van der Waals surface area contributed by atoms with Crippen molar-refractivity contribution in [1.29, 1.82) is 0 Å². The second kappa shape index (κ2) is 7.02. The topological polar surface area (TPSA) is 126 Å². The Bertz CT molecular complexity index is 466. The van der Waals surface area contributed by atoms with E-state index in [0.29, 0.717) is 4.90 Å². The van der Waals surface area contributed by atoms with Crippen molar-refractivity contribution in [3.8, 4) is 0 Å². The fourth-order valence-electron chi connectivity index (χ4n) is 1.25. The van der Waals surface area contributed by atoms with E-state index in [1.807, 2.05) is 0 Å². The van der Waals surface area contributed by atoms with E-state index in [0.717, 1.165) is 21.1 Å². The molecule has 0 aromatic rings. The fourth-order valence-corrected chi connectivity index (χ4v) is 1.25. The SMILES string of the molecule is COC(=O)C(=[N+]=[N-])C(=O)N(C(C)=O)C(C)C(=O)OC. The van der Waals surface area contributed by atoms with Crippen molar-refractivity contribution in [2.24, 2.45) is 0 Å². The Hall–Kier alpha value is -2.54. The lowest BCUT2D eigenvalue weighted by atomic mass is 10.2. The molecule has 0 heterocycles. The first-order valence-corrected chi connectivity index (χ1v) is 5.04. The van der Waals surface area contributed by atoms with Crippen molar-refractivity contribution in [3.63, 3.8) is 0 Å². The molecule has 9 nitrogen and oxygen atoms in total.